The summed E-state index contributed by atoms with van der Waals surface area (Å²) in [6, 6.07) is 12.6. The average Bonchev–Trinajstić information content (AvgIpc) is 3.46. The van der Waals surface area contributed by atoms with Gasteiger partial charge in [-0.3, -0.25) is 9.50 Å². The van der Waals surface area contributed by atoms with E-state index in [0.29, 0.717) is 28.7 Å². The summed E-state index contributed by atoms with van der Waals surface area (Å²) in [5.74, 6) is 1.38. The average molecular weight is 413 g/mol. The van der Waals surface area contributed by atoms with Crippen LogP contribution in [-0.2, 0) is 0 Å². The lowest BCUT2D eigenvalue weighted by Crippen LogP contribution is -2.31. The number of para-hydroxylation sites is 1. The number of nitrogens with one attached hydrogen (secondary N) is 2. The summed E-state index contributed by atoms with van der Waals surface area (Å²) in [5.41, 5.74) is 8.58. The summed E-state index contributed by atoms with van der Waals surface area (Å²) >= 11 is 0. The second-order valence-electron chi connectivity index (χ2n) is 7.00. The van der Waals surface area contributed by atoms with Crippen LogP contribution in [-0.4, -0.2) is 34.1 Å². The fourth-order valence-electron chi connectivity index (χ4n) is 3.56. The third kappa shape index (κ3) is 3.19. The SMILES string of the molecule is CC(Nc1ncnc(N)c1-c1cn[nH]c1)c1nc2cccn2c(=O)n1-c1ccccc1. The van der Waals surface area contributed by atoms with Gasteiger partial charge in [0, 0.05) is 18.0 Å². The van der Waals surface area contributed by atoms with Crippen molar-refractivity contribution in [3.63, 3.8) is 0 Å². The Bertz CT molecular complexity index is 1400. The Kier molecular flexibility index (Phi) is 4.43. The van der Waals surface area contributed by atoms with E-state index in [1.54, 1.807) is 35.3 Å². The molecular formula is C21H19N9O. The Hall–Kier alpha value is -4.47. The number of aromatic nitrogens is 7. The van der Waals surface area contributed by atoms with Crippen LogP contribution >= 0.6 is 0 Å². The lowest BCUT2D eigenvalue weighted by molar-refractivity contribution is 0.695. The monoisotopic (exact) mass is 413 g/mol. The topological polar surface area (TPSA) is 132 Å². The molecule has 0 saturated heterocycles. The Morgan fingerprint density at radius 3 is 2.74 bits per heavy atom. The van der Waals surface area contributed by atoms with Crippen LogP contribution in [0.15, 0.2) is 72.2 Å². The normalized spacial score (nSPS) is 12.2. The van der Waals surface area contributed by atoms with Crippen LogP contribution in [0.5, 0.6) is 0 Å². The van der Waals surface area contributed by atoms with Gasteiger partial charge in [-0.2, -0.15) is 5.10 Å². The highest BCUT2D eigenvalue weighted by molar-refractivity contribution is 5.82. The zero-order valence-corrected chi connectivity index (χ0v) is 16.6. The molecule has 10 nitrogen and oxygen atoms in total. The van der Waals surface area contributed by atoms with E-state index < -0.39 is 0 Å². The summed E-state index contributed by atoms with van der Waals surface area (Å²) < 4.78 is 3.11. The van der Waals surface area contributed by atoms with E-state index in [-0.39, 0.29) is 11.7 Å². The van der Waals surface area contributed by atoms with Gasteiger partial charge in [0.25, 0.3) is 0 Å². The van der Waals surface area contributed by atoms with Crippen molar-refractivity contribution in [2.24, 2.45) is 0 Å². The summed E-state index contributed by atoms with van der Waals surface area (Å²) in [6.07, 6.45) is 6.46. The van der Waals surface area contributed by atoms with Gasteiger partial charge in [0.05, 0.1) is 23.5 Å². The van der Waals surface area contributed by atoms with E-state index >= 15 is 0 Å². The van der Waals surface area contributed by atoms with Crippen LogP contribution < -0.4 is 16.7 Å². The minimum absolute atomic E-state index is 0.206. The number of H-pyrrole nitrogens is 1. The van der Waals surface area contributed by atoms with Crippen molar-refractivity contribution in [3.8, 4) is 16.8 Å². The molecule has 154 valence electrons. The van der Waals surface area contributed by atoms with Crippen molar-refractivity contribution >= 4 is 17.3 Å². The van der Waals surface area contributed by atoms with E-state index in [1.165, 1.54) is 10.7 Å². The fraction of sp³-hybridized carbons (Fsp3) is 0.0952. The van der Waals surface area contributed by atoms with Gasteiger partial charge >= 0.3 is 5.69 Å². The zero-order valence-electron chi connectivity index (χ0n) is 16.6. The van der Waals surface area contributed by atoms with Crippen molar-refractivity contribution in [2.75, 3.05) is 11.1 Å². The van der Waals surface area contributed by atoms with Gasteiger partial charge < -0.3 is 11.1 Å². The number of anilines is 2. The first-order chi connectivity index (χ1) is 15.1. The maximum atomic E-state index is 13.3. The number of fused-ring (bicyclic) bond motifs is 1. The molecule has 5 rings (SSSR count). The molecule has 4 aromatic heterocycles. The first kappa shape index (κ1) is 18.6. The molecule has 1 unspecified atom stereocenters. The van der Waals surface area contributed by atoms with E-state index in [1.807, 2.05) is 37.3 Å². The molecule has 0 aliphatic carbocycles. The number of nitrogens with zero attached hydrogens (tertiary/aromatic N) is 6. The van der Waals surface area contributed by atoms with Gasteiger partial charge in [0.1, 0.15) is 29.4 Å². The number of hydrogen-bond donors (Lipinski definition) is 3. The maximum absolute atomic E-state index is 13.3. The highest BCUT2D eigenvalue weighted by Crippen LogP contribution is 2.31. The standard InChI is InChI=1S/C21H19N9O/c1-13(27-19-17(14-10-25-26-11-14)18(22)23-12-24-19)20-28-16-8-5-9-29(16)21(31)30(20)15-6-3-2-4-7-15/h2-13H,1H3,(H,25,26)(H3,22,23,24,27). The van der Waals surface area contributed by atoms with Crippen molar-refractivity contribution < 1.29 is 0 Å². The summed E-state index contributed by atoms with van der Waals surface area (Å²) in [4.78, 5) is 26.5. The zero-order chi connectivity index (χ0) is 21.4. The van der Waals surface area contributed by atoms with Crippen molar-refractivity contribution in [1.29, 1.82) is 0 Å². The molecule has 1 aromatic carbocycles. The maximum Gasteiger partial charge on any atom is 0.339 e. The fourth-order valence-corrected chi connectivity index (χ4v) is 3.56. The first-order valence-corrected chi connectivity index (χ1v) is 9.65. The quantitative estimate of drug-likeness (QED) is 0.403. The predicted molar refractivity (Wildman–Crippen MR) is 117 cm³/mol. The molecule has 10 heteroatoms. The Morgan fingerprint density at radius 1 is 1.13 bits per heavy atom. The molecule has 1 atom stereocenters. The third-order valence-electron chi connectivity index (χ3n) is 5.00. The van der Waals surface area contributed by atoms with E-state index in [2.05, 4.69) is 25.5 Å². The van der Waals surface area contributed by atoms with Crippen LogP contribution in [0.25, 0.3) is 22.5 Å². The second-order valence-corrected chi connectivity index (χ2v) is 7.00. The molecule has 0 saturated carbocycles. The molecule has 0 bridgehead atoms. The highest BCUT2D eigenvalue weighted by Gasteiger charge is 2.21. The minimum Gasteiger partial charge on any atom is -0.383 e. The lowest BCUT2D eigenvalue weighted by atomic mass is 10.1. The van der Waals surface area contributed by atoms with Crippen molar-refractivity contribution in [1.82, 2.24) is 34.1 Å². The molecular weight excluding hydrogens is 394 g/mol. The summed E-state index contributed by atoms with van der Waals surface area (Å²) in [6.45, 7) is 1.91. The summed E-state index contributed by atoms with van der Waals surface area (Å²) in [7, 11) is 0. The van der Waals surface area contributed by atoms with Crippen LogP contribution in [0.1, 0.15) is 18.8 Å². The Balaban J connectivity index is 1.65. The number of rotatable bonds is 5. The van der Waals surface area contributed by atoms with Crippen LogP contribution in [0.3, 0.4) is 0 Å². The molecule has 4 heterocycles. The van der Waals surface area contributed by atoms with E-state index in [9.17, 15) is 4.79 Å². The van der Waals surface area contributed by atoms with Gasteiger partial charge in [0.15, 0.2) is 0 Å². The number of nitrogens with two attached hydrogens (primary N) is 1. The largest absolute Gasteiger partial charge is 0.383 e. The van der Waals surface area contributed by atoms with Gasteiger partial charge in [-0.15, -0.1) is 0 Å². The predicted octanol–water partition coefficient (Wildman–Crippen LogP) is 2.42. The van der Waals surface area contributed by atoms with Crippen LogP contribution in [0, 0.1) is 0 Å². The van der Waals surface area contributed by atoms with E-state index in [0.717, 1.165) is 11.3 Å². The molecule has 0 aliphatic rings. The second kappa shape index (κ2) is 7.41. The number of nitrogen functional groups attached to an aromatic ring is 1. The molecule has 0 aliphatic heterocycles. The lowest BCUT2D eigenvalue weighted by Gasteiger charge is -2.21. The number of aromatic amines is 1. The molecule has 4 N–H and O–H groups in total. The molecule has 0 spiro atoms. The molecule has 5 aromatic rings. The minimum atomic E-state index is -0.382. The number of hydrogen-bond acceptors (Lipinski definition) is 7. The molecule has 0 radical (unpaired) electrons. The number of benzene rings is 1. The van der Waals surface area contributed by atoms with Crippen molar-refractivity contribution in [3.05, 3.63) is 83.7 Å². The third-order valence-corrected chi connectivity index (χ3v) is 5.00. The van der Waals surface area contributed by atoms with Gasteiger partial charge in [0.2, 0.25) is 0 Å². The molecule has 0 amide bonds. The van der Waals surface area contributed by atoms with Crippen molar-refractivity contribution in [2.45, 2.75) is 13.0 Å². The first-order valence-electron chi connectivity index (χ1n) is 9.65. The van der Waals surface area contributed by atoms with E-state index in [4.69, 9.17) is 10.7 Å². The van der Waals surface area contributed by atoms with Crippen LogP contribution in [0.2, 0.25) is 0 Å². The molecule has 0 fully saturated rings. The van der Waals surface area contributed by atoms with Gasteiger partial charge in [-0.1, -0.05) is 18.2 Å². The van der Waals surface area contributed by atoms with Gasteiger partial charge in [-0.25, -0.2) is 24.3 Å². The summed E-state index contributed by atoms with van der Waals surface area (Å²) in [5, 5.41) is 10.1. The van der Waals surface area contributed by atoms with Crippen LogP contribution in [0.4, 0.5) is 11.6 Å². The highest BCUT2D eigenvalue weighted by atomic mass is 16.1. The Labute approximate surface area is 176 Å². The van der Waals surface area contributed by atoms with Gasteiger partial charge in [-0.05, 0) is 31.2 Å². The molecule has 31 heavy (non-hydrogen) atoms. The smallest absolute Gasteiger partial charge is 0.339 e. The Morgan fingerprint density at radius 2 is 1.97 bits per heavy atom.